The number of halogens is 1. The third kappa shape index (κ3) is 3.84. The molecule has 116 valence electrons. The van der Waals surface area contributed by atoms with Gasteiger partial charge in [-0.1, -0.05) is 17.7 Å². The Morgan fingerprint density at radius 2 is 1.91 bits per heavy atom. The van der Waals surface area contributed by atoms with Gasteiger partial charge in [-0.3, -0.25) is 9.78 Å². The number of hydrogen-bond acceptors (Lipinski definition) is 3. The number of nitrogens with one attached hydrogen (secondary N) is 1. The molecule has 1 unspecified atom stereocenters. The highest BCUT2D eigenvalue weighted by molar-refractivity contribution is 8.00. The fraction of sp³-hybridized carbons (Fsp3) is 0.111. The van der Waals surface area contributed by atoms with E-state index in [2.05, 4.69) is 10.3 Å². The number of nitrogens with zero attached hydrogens (tertiary/aromatic N) is 1. The number of fused-ring (bicyclic) bond motifs is 1. The van der Waals surface area contributed by atoms with Crippen LogP contribution in [0.1, 0.15) is 6.92 Å². The zero-order valence-electron chi connectivity index (χ0n) is 12.5. The van der Waals surface area contributed by atoms with Crippen LogP contribution in [0.3, 0.4) is 0 Å². The molecule has 0 spiro atoms. The number of anilines is 1. The van der Waals surface area contributed by atoms with Gasteiger partial charge in [0.2, 0.25) is 5.91 Å². The number of hydrogen-bond donors (Lipinski definition) is 1. The van der Waals surface area contributed by atoms with Crippen LogP contribution in [0, 0.1) is 0 Å². The lowest BCUT2D eigenvalue weighted by molar-refractivity contribution is -0.115. The summed E-state index contributed by atoms with van der Waals surface area (Å²) in [4.78, 5) is 17.8. The molecular formula is C18H15ClN2OS. The minimum atomic E-state index is -0.219. The molecule has 0 fully saturated rings. The SMILES string of the molecule is CC(Sc1ccc(Cl)cc1)C(=O)Nc1cccc2ncccc12. The van der Waals surface area contributed by atoms with Crippen molar-refractivity contribution in [1.29, 1.82) is 0 Å². The van der Waals surface area contributed by atoms with E-state index in [-0.39, 0.29) is 11.2 Å². The molecule has 0 saturated carbocycles. The average Bonchev–Trinajstić information content (AvgIpc) is 2.57. The fourth-order valence-electron chi connectivity index (χ4n) is 2.22. The van der Waals surface area contributed by atoms with Crippen molar-refractivity contribution in [2.45, 2.75) is 17.1 Å². The van der Waals surface area contributed by atoms with Crippen LogP contribution >= 0.6 is 23.4 Å². The maximum atomic E-state index is 12.4. The van der Waals surface area contributed by atoms with E-state index >= 15 is 0 Å². The lowest BCUT2D eigenvalue weighted by atomic mass is 10.2. The molecule has 0 aliphatic heterocycles. The van der Waals surface area contributed by atoms with E-state index in [1.54, 1.807) is 6.20 Å². The maximum absolute atomic E-state index is 12.4. The number of carbonyl (C=O) groups is 1. The van der Waals surface area contributed by atoms with E-state index < -0.39 is 0 Å². The van der Waals surface area contributed by atoms with Gasteiger partial charge in [0.15, 0.2) is 0 Å². The van der Waals surface area contributed by atoms with Crippen molar-refractivity contribution in [2.24, 2.45) is 0 Å². The van der Waals surface area contributed by atoms with Crippen molar-refractivity contribution in [1.82, 2.24) is 4.98 Å². The second kappa shape index (κ2) is 7.02. The molecule has 0 aliphatic carbocycles. The van der Waals surface area contributed by atoms with Crippen molar-refractivity contribution in [3.8, 4) is 0 Å². The molecule has 3 nitrogen and oxygen atoms in total. The molecule has 1 amide bonds. The van der Waals surface area contributed by atoms with Gasteiger partial charge in [0.25, 0.3) is 0 Å². The van der Waals surface area contributed by atoms with Crippen LogP contribution < -0.4 is 5.32 Å². The minimum Gasteiger partial charge on any atom is -0.324 e. The van der Waals surface area contributed by atoms with Crippen molar-refractivity contribution in [3.63, 3.8) is 0 Å². The van der Waals surface area contributed by atoms with Gasteiger partial charge < -0.3 is 5.32 Å². The largest absolute Gasteiger partial charge is 0.324 e. The number of carbonyl (C=O) groups excluding carboxylic acids is 1. The first-order valence-corrected chi connectivity index (χ1v) is 8.46. The second-order valence-electron chi connectivity index (χ2n) is 5.08. The Balaban J connectivity index is 1.74. The monoisotopic (exact) mass is 342 g/mol. The fourth-order valence-corrected chi connectivity index (χ4v) is 3.21. The standard InChI is InChI=1S/C18H15ClN2OS/c1-12(23-14-9-7-13(19)8-10-14)18(22)21-17-6-2-5-16-15(17)4-3-11-20-16/h2-12H,1H3,(H,21,22). The molecule has 1 N–H and O–H groups in total. The summed E-state index contributed by atoms with van der Waals surface area (Å²) in [5.41, 5.74) is 1.65. The van der Waals surface area contributed by atoms with Crippen LogP contribution in [0.2, 0.25) is 5.02 Å². The molecule has 2 aromatic carbocycles. The lowest BCUT2D eigenvalue weighted by Gasteiger charge is -2.13. The molecule has 1 atom stereocenters. The Morgan fingerprint density at radius 1 is 1.13 bits per heavy atom. The first-order valence-electron chi connectivity index (χ1n) is 7.20. The quantitative estimate of drug-likeness (QED) is 0.678. The highest BCUT2D eigenvalue weighted by Gasteiger charge is 2.15. The smallest absolute Gasteiger partial charge is 0.237 e. The number of thioether (sulfide) groups is 1. The minimum absolute atomic E-state index is 0.0405. The average molecular weight is 343 g/mol. The van der Waals surface area contributed by atoms with Gasteiger partial charge in [0.05, 0.1) is 16.5 Å². The Hall–Kier alpha value is -2.04. The molecule has 0 aliphatic rings. The first-order chi connectivity index (χ1) is 11.1. The number of amides is 1. The summed E-state index contributed by atoms with van der Waals surface area (Å²) in [6.45, 7) is 1.89. The summed E-state index contributed by atoms with van der Waals surface area (Å²) >= 11 is 7.38. The summed E-state index contributed by atoms with van der Waals surface area (Å²) in [6, 6.07) is 17.0. The molecule has 1 heterocycles. The van der Waals surface area contributed by atoms with E-state index in [9.17, 15) is 4.79 Å². The van der Waals surface area contributed by atoms with E-state index in [4.69, 9.17) is 11.6 Å². The number of aromatic nitrogens is 1. The van der Waals surface area contributed by atoms with Gasteiger partial charge in [-0.05, 0) is 55.5 Å². The summed E-state index contributed by atoms with van der Waals surface area (Å²) < 4.78 is 0. The molecule has 5 heteroatoms. The van der Waals surface area contributed by atoms with Gasteiger partial charge in [-0.15, -0.1) is 11.8 Å². The van der Waals surface area contributed by atoms with Crippen molar-refractivity contribution in [3.05, 3.63) is 65.8 Å². The van der Waals surface area contributed by atoms with Crippen LogP contribution in [0.4, 0.5) is 5.69 Å². The van der Waals surface area contributed by atoms with Crippen molar-refractivity contribution >= 4 is 45.9 Å². The van der Waals surface area contributed by atoms with Crippen LogP contribution in [-0.2, 0) is 4.79 Å². The molecule has 23 heavy (non-hydrogen) atoms. The maximum Gasteiger partial charge on any atom is 0.237 e. The molecule has 3 rings (SSSR count). The Kier molecular flexibility index (Phi) is 4.84. The zero-order valence-corrected chi connectivity index (χ0v) is 14.1. The lowest BCUT2D eigenvalue weighted by Crippen LogP contribution is -2.22. The normalized spacial score (nSPS) is 12.1. The van der Waals surface area contributed by atoms with Crippen LogP contribution in [0.5, 0.6) is 0 Å². The highest BCUT2D eigenvalue weighted by atomic mass is 35.5. The third-order valence-electron chi connectivity index (χ3n) is 3.40. The van der Waals surface area contributed by atoms with E-state index in [1.165, 1.54) is 11.8 Å². The Bertz CT molecular complexity index is 831. The molecule has 0 bridgehead atoms. The molecular weight excluding hydrogens is 328 g/mol. The zero-order chi connectivity index (χ0) is 16.2. The van der Waals surface area contributed by atoms with E-state index in [0.29, 0.717) is 5.02 Å². The van der Waals surface area contributed by atoms with Gasteiger partial charge in [-0.2, -0.15) is 0 Å². The summed E-state index contributed by atoms with van der Waals surface area (Å²) in [5.74, 6) is -0.0405. The van der Waals surface area contributed by atoms with Crippen molar-refractivity contribution in [2.75, 3.05) is 5.32 Å². The van der Waals surface area contributed by atoms with E-state index in [1.807, 2.05) is 61.5 Å². The summed E-state index contributed by atoms with van der Waals surface area (Å²) in [7, 11) is 0. The molecule has 3 aromatic rings. The van der Waals surface area contributed by atoms with Crippen LogP contribution in [-0.4, -0.2) is 16.1 Å². The number of benzene rings is 2. The topological polar surface area (TPSA) is 42.0 Å². The molecule has 0 radical (unpaired) electrons. The van der Waals surface area contributed by atoms with Gasteiger partial charge >= 0.3 is 0 Å². The molecule has 1 aromatic heterocycles. The summed E-state index contributed by atoms with van der Waals surface area (Å²) in [6.07, 6.45) is 1.74. The van der Waals surface area contributed by atoms with Gasteiger partial charge in [0.1, 0.15) is 0 Å². The molecule has 0 saturated heterocycles. The summed E-state index contributed by atoms with van der Waals surface area (Å²) in [5, 5.41) is 4.40. The highest BCUT2D eigenvalue weighted by Crippen LogP contribution is 2.27. The van der Waals surface area contributed by atoms with Gasteiger partial charge in [-0.25, -0.2) is 0 Å². The van der Waals surface area contributed by atoms with E-state index in [0.717, 1.165) is 21.5 Å². The van der Waals surface area contributed by atoms with Crippen LogP contribution in [0.15, 0.2) is 65.7 Å². The first kappa shape index (κ1) is 15.8. The second-order valence-corrected chi connectivity index (χ2v) is 6.93. The predicted octanol–water partition coefficient (Wildman–Crippen LogP) is 5.01. The Labute approximate surface area is 144 Å². The predicted molar refractivity (Wildman–Crippen MR) is 97.1 cm³/mol. The Morgan fingerprint density at radius 3 is 2.70 bits per heavy atom. The van der Waals surface area contributed by atoms with Gasteiger partial charge in [0, 0.05) is 21.5 Å². The third-order valence-corrected chi connectivity index (χ3v) is 4.76. The van der Waals surface area contributed by atoms with Crippen molar-refractivity contribution < 1.29 is 4.79 Å². The number of pyridine rings is 1. The number of rotatable bonds is 4. The van der Waals surface area contributed by atoms with Crippen LogP contribution in [0.25, 0.3) is 10.9 Å².